The maximum atomic E-state index is 13.3. The predicted octanol–water partition coefficient (Wildman–Crippen LogP) is 11.0. The van der Waals surface area contributed by atoms with Gasteiger partial charge in [-0.2, -0.15) is 5.26 Å². The molecule has 0 fully saturated rings. The van der Waals surface area contributed by atoms with Crippen LogP contribution >= 0.6 is 0 Å². The van der Waals surface area contributed by atoms with Crippen molar-refractivity contribution in [3.63, 3.8) is 0 Å². The minimum Gasteiger partial charge on any atom is -0.494 e. The van der Waals surface area contributed by atoms with Crippen LogP contribution in [-0.2, 0) is 19.1 Å². The Balaban J connectivity index is 1.04. The van der Waals surface area contributed by atoms with E-state index >= 15 is 0 Å². The van der Waals surface area contributed by atoms with Crippen LogP contribution in [0.15, 0.2) is 129 Å². The predicted molar refractivity (Wildman–Crippen MR) is 249 cm³/mol. The maximum Gasteiger partial charge on any atom is 0.345 e. The summed E-state index contributed by atoms with van der Waals surface area (Å²) in [7, 11) is 0. The lowest BCUT2D eigenvalue weighted by Crippen LogP contribution is -2.13. The highest BCUT2D eigenvalue weighted by atomic mass is 16.6. The first kappa shape index (κ1) is 49.4. The molecule has 0 bridgehead atoms. The van der Waals surface area contributed by atoms with E-state index in [1.165, 1.54) is 42.7 Å². The summed E-state index contributed by atoms with van der Waals surface area (Å²) in [6.07, 6.45) is 17.1. The van der Waals surface area contributed by atoms with Crippen LogP contribution in [0.5, 0.6) is 23.0 Å². The zero-order chi connectivity index (χ0) is 46.8. The summed E-state index contributed by atoms with van der Waals surface area (Å²) in [5.41, 5.74) is 3.47. The Morgan fingerprint density at radius 3 is 1.30 bits per heavy atom. The van der Waals surface area contributed by atoms with Crippen LogP contribution in [0, 0.1) is 11.3 Å². The highest BCUT2D eigenvalue weighted by Crippen LogP contribution is 2.31. The summed E-state index contributed by atoms with van der Waals surface area (Å²) in [6.45, 7) is 8.83. The van der Waals surface area contributed by atoms with Crippen molar-refractivity contribution in [3.8, 4) is 51.6 Å². The molecule has 0 aliphatic heterocycles. The standard InChI is InChI=1S/C53H55N3O10/c1-3-50(57)63-33-15-11-7-5-9-13-31-61-44-24-18-40(19-25-44)46-28-22-42(37-55-46)52(59)65-48-30-17-39(36-54)35-49(48)66-53(60)43-23-29-47(56-38-43)41-20-26-45(27-21-41)62-32-14-10-6-8-12-16-34-64-51(58)4-2/h3-4,17-30,35,37-38H,1-2,5-16,31-34H2. The Kier molecular flexibility index (Phi) is 20.6. The summed E-state index contributed by atoms with van der Waals surface area (Å²) in [4.78, 5) is 57.6. The van der Waals surface area contributed by atoms with Crippen molar-refractivity contribution < 1.29 is 47.6 Å². The molecular weight excluding hydrogens is 839 g/mol. The molecule has 0 saturated heterocycles. The summed E-state index contributed by atoms with van der Waals surface area (Å²) in [5, 5.41) is 9.53. The third-order valence-electron chi connectivity index (χ3n) is 10.2. The van der Waals surface area contributed by atoms with Crippen LogP contribution in [0.25, 0.3) is 22.5 Å². The second kappa shape index (κ2) is 27.6. The number of nitriles is 1. The number of esters is 4. The summed E-state index contributed by atoms with van der Waals surface area (Å²) < 4.78 is 33.1. The first-order valence-corrected chi connectivity index (χ1v) is 22.2. The van der Waals surface area contributed by atoms with Crippen molar-refractivity contribution >= 4 is 23.9 Å². The molecule has 5 rings (SSSR count). The molecule has 2 heterocycles. The monoisotopic (exact) mass is 893 g/mol. The van der Waals surface area contributed by atoms with Crippen LogP contribution in [0.1, 0.15) is 103 Å². The molecule has 0 amide bonds. The van der Waals surface area contributed by atoms with Gasteiger partial charge in [-0.1, -0.05) is 64.5 Å². The Labute approximate surface area is 386 Å². The first-order valence-electron chi connectivity index (χ1n) is 22.2. The molecule has 13 heteroatoms. The molecule has 0 saturated carbocycles. The first-order chi connectivity index (χ1) is 32.3. The quantitative estimate of drug-likeness (QED) is 0.0201. The minimum atomic E-state index is -0.754. The number of hydrogen-bond acceptors (Lipinski definition) is 13. The minimum absolute atomic E-state index is 0.0525. The number of aromatic nitrogens is 2. The molecule has 0 atom stereocenters. The molecule has 13 nitrogen and oxygen atoms in total. The molecule has 0 aliphatic rings. The number of hydrogen-bond donors (Lipinski definition) is 0. The number of carbonyl (C=O) groups excluding carboxylic acids is 4. The van der Waals surface area contributed by atoms with Gasteiger partial charge in [0.1, 0.15) is 11.5 Å². The zero-order valence-electron chi connectivity index (χ0n) is 37.1. The third-order valence-corrected chi connectivity index (χ3v) is 10.2. The van der Waals surface area contributed by atoms with Gasteiger partial charge in [0.2, 0.25) is 0 Å². The number of unbranched alkanes of at least 4 members (excludes halogenated alkanes) is 10. The fourth-order valence-corrected chi connectivity index (χ4v) is 6.54. The van der Waals surface area contributed by atoms with Crippen molar-refractivity contribution in [2.24, 2.45) is 0 Å². The number of benzene rings is 3. The fraction of sp³-hybridized carbons (Fsp3) is 0.302. The molecule has 2 aromatic heterocycles. The molecule has 66 heavy (non-hydrogen) atoms. The molecular formula is C53H55N3O10. The van der Waals surface area contributed by atoms with Gasteiger partial charge < -0.3 is 28.4 Å². The van der Waals surface area contributed by atoms with E-state index in [-0.39, 0.29) is 40.1 Å². The number of pyridine rings is 2. The molecule has 5 aromatic rings. The molecule has 0 unspecified atom stereocenters. The third kappa shape index (κ3) is 16.8. The lowest BCUT2D eigenvalue weighted by Gasteiger charge is -2.11. The van der Waals surface area contributed by atoms with E-state index in [0.717, 1.165) is 99.7 Å². The van der Waals surface area contributed by atoms with Gasteiger partial charge >= 0.3 is 23.9 Å². The van der Waals surface area contributed by atoms with E-state index in [4.69, 9.17) is 28.4 Å². The zero-order valence-corrected chi connectivity index (χ0v) is 37.1. The van der Waals surface area contributed by atoms with Gasteiger partial charge in [0.15, 0.2) is 11.5 Å². The van der Waals surface area contributed by atoms with Crippen molar-refractivity contribution in [2.75, 3.05) is 26.4 Å². The van der Waals surface area contributed by atoms with Crippen LogP contribution in [0.2, 0.25) is 0 Å². The van der Waals surface area contributed by atoms with E-state index in [1.54, 1.807) is 24.3 Å². The highest BCUT2D eigenvalue weighted by molar-refractivity contribution is 5.93. The summed E-state index contributed by atoms with van der Waals surface area (Å²) >= 11 is 0. The molecule has 342 valence electrons. The van der Waals surface area contributed by atoms with Gasteiger partial charge in [-0.25, -0.2) is 19.2 Å². The normalized spacial score (nSPS) is 10.5. The Hall–Kier alpha value is -7.59. The van der Waals surface area contributed by atoms with Crippen LogP contribution in [-0.4, -0.2) is 60.3 Å². The van der Waals surface area contributed by atoms with E-state index in [9.17, 15) is 24.4 Å². The number of carbonyl (C=O) groups is 4. The average Bonchev–Trinajstić information content (AvgIpc) is 3.35. The average molecular weight is 894 g/mol. The largest absolute Gasteiger partial charge is 0.494 e. The number of ether oxygens (including phenoxy) is 6. The van der Waals surface area contributed by atoms with Gasteiger partial charge in [-0.3, -0.25) is 9.97 Å². The van der Waals surface area contributed by atoms with Crippen LogP contribution < -0.4 is 18.9 Å². The molecule has 0 spiro atoms. The van der Waals surface area contributed by atoms with Crippen molar-refractivity contribution in [1.29, 1.82) is 5.26 Å². The van der Waals surface area contributed by atoms with E-state index in [1.807, 2.05) is 54.6 Å². The second-order valence-electron chi connectivity index (χ2n) is 15.1. The summed E-state index contributed by atoms with van der Waals surface area (Å²) in [5.74, 6) is -0.918. The van der Waals surface area contributed by atoms with Crippen LogP contribution in [0.4, 0.5) is 0 Å². The van der Waals surface area contributed by atoms with Crippen molar-refractivity contribution in [2.45, 2.75) is 77.0 Å². The SMILES string of the molecule is C=CC(=O)OCCCCCCCCOc1ccc(-c2ccc(C(=O)Oc3ccc(C#N)cc3OC(=O)c3ccc(-c4ccc(OCCCCCCCCOC(=O)C=C)cc4)nc3)cn2)cc1. The van der Waals surface area contributed by atoms with E-state index in [0.29, 0.717) is 37.8 Å². The lowest BCUT2D eigenvalue weighted by atomic mass is 10.1. The van der Waals surface area contributed by atoms with Gasteiger partial charge in [0, 0.05) is 41.7 Å². The lowest BCUT2D eigenvalue weighted by molar-refractivity contribution is -0.138. The molecule has 3 aromatic carbocycles. The second-order valence-corrected chi connectivity index (χ2v) is 15.1. The molecule has 0 aliphatic carbocycles. The smallest absolute Gasteiger partial charge is 0.345 e. The van der Waals surface area contributed by atoms with Gasteiger partial charge in [0.05, 0.1) is 60.6 Å². The Morgan fingerprint density at radius 2 is 0.909 bits per heavy atom. The van der Waals surface area contributed by atoms with Gasteiger partial charge in [-0.15, -0.1) is 0 Å². The van der Waals surface area contributed by atoms with Crippen molar-refractivity contribution in [1.82, 2.24) is 9.97 Å². The topological polar surface area (TPSA) is 173 Å². The Morgan fingerprint density at radius 1 is 0.500 bits per heavy atom. The fourth-order valence-electron chi connectivity index (χ4n) is 6.54. The summed E-state index contributed by atoms with van der Waals surface area (Å²) in [6, 6.07) is 27.8. The maximum absolute atomic E-state index is 13.3. The van der Waals surface area contributed by atoms with Crippen LogP contribution in [0.3, 0.4) is 0 Å². The number of rotatable bonds is 28. The van der Waals surface area contributed by atoms with E-state index < -0.39 is 11.9 Å². The van der Waals surface area contributed by atoms with Gasteiger partial charge in [0.25, 0.3) is 0 Å². The van der Waals surface area contributed by atoms with Gasteiger partial charge in [-0.05, 0) is 111 Å². The number of nitrogens with zero attached hydrogens (tertiary/aromatic N) is 3. The molecule has 0 radical (unpaired) electrons. The Bertz CT molecular complexity index is 2390. The highest BCUT2D eigenvalue weighted by Gasteiger charge is 2.18. The van der Waals surface area contributed by atoms with Crippen molar-refractivity contribution in [3.05, 3.63) is 145 Å². The molecule has 0 N–H and O–H groups in total. The van der Waals surface area contributed by atoms with E-state index in [2.05, 4.69) is 23.1 Å².